The number of Topliss-reactive ketones (excluding diaryl/α,β-unsaturated/α-hetero) is 1. The number of benzene rings is 5. The molecule has 0 saturated heterocycles. The van der Waals surface area contributed by atoms with Gasteiger partial charge in [-0.2, -0.15) is 15.2 Å². The zero-order valence-corrected chi connectivity index (χ0v) is 61.8. The number of ketones is 1. The number of thiocarbonyl (C=S) groups is 1. The minimum absolute atomic E-state index is 0. The van der Waals surface area contributed by atoms with E-state index in [0.29, 0.717) is 88.9 Å². The van der Waals surface area contributed by atoms with Crippen molar-refractivity contribution < 1.29 is 44.5 Å². The third-order valence-electron chi connectivity index (χ3n) is 8.78. The summed E-state index contributed by atoms with van der Waals surface area (Å²) in [6.45, 7) is 12.2. The predicted octanol–water partition coefficient (Wildman–Crippen LogP) is 19.9. The van der Waals surface area contributed by atoms with Gasteiger partial charge < -0.3 is 46.0 Å². The number of halogens is 10. The summed E-state index contributed by atoms with van der Waals surface area (Å²) in [5, 5.41) is 22.0. The van der Waals surface area contributed by atoms with E-state index in [9.17, 15) is 14.4 Å². The number of nitrogens with zero attached hydrogens (tertiary/aromatic N) is 3. The molecule has 1 heterocycles. The number of ether oxygens (including phenoxy) is 5. The number of carbonyl (C=O) groups is 3. The summed E-state index contributed by atoms with van der Waals surface area (Å²) in [5.74, 6) is 0.521. The molecule has 6 rings (SSSR count). The molecule has 0 aliphatic carbocycles. The van der Waals surface area contributed by atoms with Crippen LogP contribution in [0, 0.1) is 25.2 Å². The molecule has 88 heavy (non-hydrogen) atoms. The van der Waals surface area contributed by atoms with E-state index in [1.807, 2.05) is 43.5 Å². The molecule has 493 valence electrons. The van der Waals surface area contributed by atoms with E-state index in [4.69, 9.17) is 130 Å². The fourth-order valence-corrected chi connectivity index (χ4v) is 9.88. The van der Waals surface area contributed by atoms with Crippen molar-refractivity contribution in [3.63, 3.8) is 0 Å². The van der Waals surface area contributed by atoms with E-state index in [0.717, 1.165) is 46.4 Å². The quantitative estimate of drug-likeness (QED) is 0.0112. The van der Waals surface area contributed by atoms with Crippen LogP contribution in [0.5, 0.6) is 17.2 Å². The molecule has 5 aromatic carbocycles. The third kappa shape index (κ3) is 42.2. The van der Waals surface area contributed by atoms with Crippen LogP contribution in [0.2, 0.25) is 25.1 Å². The Hall–Kier alpha value is -3.02. The Balaban J connectivity index is -0.000000144. The maximum absolute atomic E-state index is 11.4. The first-order chi connectivity index (χ1) is 39.5. The molecule has 30 heteroatoms. The van der Waals surface area contributed by atoms with Crippen LogP contribution < -0.4 is 31.4 Å². The Morgan fingerprint density at radius 3 is 1.64 bits per heavy atom. The van der Waals surface area contributed by atoms with Crippen LogP contribution in [0.15, 0.2) is 94.3 Å². The number of nitrogen functional groups attached to an aromatic ring is 2. The molecular weight excluding hydrogens is 1590 g/mol. The number of nitrogens with two attached hydrogens (primary N) is 3. The number of aryl methyl sites for hydroxylation is 2. The van der Waals surface area contributed by atoms with Crippen molar-refractivity contribution >= 4 is 221 Å². The van der Waals surface area contributed by atoms with Crippen molar-refractivity contribution in [1.82, 2.24) is 4.98 Å². The van der Waals surface area contributed by atoms with Crippen LogP contribution in [0.4, 0.5) is 11.4 Å². The summed E-state index contributed by atoms with van der Waals surface area (Å²) in [6, 6.07) is 21.2. The number of aliphatic hydroxyl groups excluding tert-OH is 1. The van der Waals surface area contributed by atoms with Crippen molar-refractivity contribution in [2.24, 2.45) is 10.0 Å². The van der Waals surface area contributed by atoms with Crippen LogP contribution in [0.3, 0.4) is 0 Å². The molecule has 0 bridgehead atoms. The Bertz CT molecular complexity index is 3080. The maximum atomic E-state index is 11.4. The van der Waals surface area contributed by atoms with E-state index in [1.165, 1.54) is 18.4 Å². The fraction of sp³-hybridized carbons (Fsp3) is 0.345. The normalized spacial score (nSPS) is 8.88. The van der Waals surface area contributed by atoms with Gasteiger partial charge in [-0.3, -0.25) is 14.4 Å². The van der Waals surface area contributed by atoms with Crippen LogP contribution in [0.1, 0.15) is 100 Å². The van der Waals surface area contributed by atoms with Gasteiger partial charge in [0, 0.05) is 82.0 Å². The average molecular weight is 1680 g/mol. The molecule has 6 aromatic rings. The molecule has 0 amide bonds. The molecule has 1 radical (unpaired) electrons. The number of thiazole rings is 1. The van der Waals surface area contributed by atoms with Gasteiger partial charge in [0.1, 0.15) is 39.7 Å². The molecule has 0 saturated carbocycles. The molecule has 1 aromatic heterocycles. The van der Waals surface area contributed by atoms with Crippen molar-refractivity contribution in [3.8, 4) is 33.9 Å². The molecule has 1 atom stereocenters. The standard InChI is InChI=1S/C14H13BrClNO2S.C8H5BrClNO.C8H7BrClNS.C7H7BrClNO.C7H8ClNO.C6H9ClO3.C2H6O.C2H6.4CH4.BHNS.H3P/c1-3-19-13(18)5-9-7-20-14(17-9)10-4-8(2)12(16)6-11(10)15;1-12-8-2-5(4-11)6(9)3-7(8)10;1-4-2-5(8(11)12)6(9)3-7(4)10;1-11-7-3-6(10)4(8)2-5(7)9;1-10-7-4-5(9)2-3-6(7)8;1-2-10-6(9)3-5(8)4-7;1-2-3;1-2;;;;;1-2-3;/h4,6-7H,3,5H2,1-2H3;2-3H,1H3;2-3H,1H3,(H2,11,12);2-3H,10H2,1H3;2-4H,9H2,1H3;2-4H2,1H3;3H,2H2,1H3;1-2H3;4*1H4;3H;1H3/i;;;;;;;1D;;;;;;. The van der Waals surface area contributed by atoms with Crippen molar-refractivity contribution in [3.05, 3.63) is 143 Å². The summed E-state index contributed by atoms with van der Waals surface area (Å²) in [6.07, 6.45) is -0.00806. The predicted molar refractivity (Wildman–Crippen MR) is 404 cm³/mol. The second kappa shape index (κ2) is 59.0. The summed E-state index contributed by atoms with van der Waals surface area (Å²) < 4.78 is 36.3. The monoisotopic (exact) mass is 1670 g/mol. The second-order valence-corrected chi connectivity index (χ2v) is 22.0. The fourth-order valence-electron chi connectivity index (χ4n) is 5.11. The first-order valence-corrected chi connectivity index (χ1v) is 30.6. The third-order valence-corrected chi connectivity index (χ3v) is 14.6. The number of hydrogen-bond donors (Lipinski definition) is 5. The summed E-state index contributed by atoms with van der Waals surface area (Å²) in [5.41, 5.74) is 22.8. The van der Waals surface area contributed by atoms with Crippen molar-refractivity contribution in [2.75, 3.05) is 58.5 Å². The molecule has 0 fully saturated rings. The molecule has 15 nitrogen and oxygen atoms in total. The van der Waals surface area contributed by atoms with Crippen molar-refractivity contribution in [1.29, 1.82) is 5.26 Å². The number of alkyl halides is 1. The molecule has 0 spiro atoms. The number of esters is 2. The van der Waals surface area contributed by atoms with E-state index in [1.54, 1.807) is 90.4 Å². The Morgan fingerprint density at radius 1 is 0.761 bits per heavy atom. The van der Waals surface area contributed by atoms with Crippen molar-refractivity contribution in [2.45, 2.75) is 91.0 Å². The number of hydrogen-bond acceptors (Lipinski definition) is 17. The summed E-state index contributed by atoms with van der Waals surface area (Å²) in [7, 11) is 8.95. The average Bonchev–Trinajstić information content (AvgIpc) is 3.99. The van der Waals surface area contributed by atoms with Crippen LogP contribution in [-0.4, -0.2) is 87.5 Å². The minimum atomic E-state index is -0.506. The SMILES string of the molecule is C.C.C.C.CCO.CCOC(=O)CC(=O)CCl.CCOC(=O)Cc1csc(-c2cc(C)c(Cl)cc2Br)n1.COc1cc(C#N)c(Br)cc1Cl.COc1cc(N)c(Br)cc1Cl.COc1cc(N)ccc1Cl.Cc1cc(C(N)=S)c(Br)cc1Cl.P.[2H]CC.[B]=NS. The van der Waals surface area contributed by atoms with Gasteiger partial charge >= 0.3 is 36.7 Å². The number of rotatable bonds is 12. The number of nitriles is 1. The summed E-state index contributed by atoms with van der Waals surface area (Å²) in [4.78, 5) is 37.3. The molecule has 0 aliphatic heterocycles. The van der Waals surface area contributed by atoms with Crippen LogP contribution in [-0.2, 0) is 30.3 Å². The molecule has 7 N–H and O–H groups in total. The molecular formula is C58H81BBr4Cl6N6O9PS3. The van der Waals surface area contributed by atoms with Crippen LogP contribution >= 0.6 is 180 Å². The van der Waals surface area contributed by atoms with Crippen LogP contribution in [0.25, 0.3) is 10.6 Å². The van der Waals surface area contributed by atoms with Gasteiger partial charge in [0.15, 0.2) is 5.78 Å². The second-order valence-electron chi connectivity index (χ2n) is 14.7. The number of aromatic nitrogens is 1. The molecule has 0 aliphatic rings. The molecule has 1 unspecified atom stereocenters. The van der Waals surface area contributed by atoms with E-state index < -0.39 is 5.97 Å². The van der Waals surface area contributed by atoms with Gasteiger partial charge in [0.25, 0.3) is 0 Å². The first kappa shape index (κ1) is 98.6. The van der Waals surface area contributed by atoms with E-state index in [-0.39, 0.29) is 76.7 Å². The topological polar surface area (TPSA) is 245 Å². The van der Waals surface area contributed by atoms with E-state index in [2.05, 4.69) is 98.2 Å². The van der Waals surface area contributed by atoms with E-state index >= 15 is 0 Å². The Morgan fingerprint density at radius 2 is 1.19 bits per heavy atom. The zero-order chi connectivity index (χ0) is 65.2. The van der Waals surface area contributed by atoms with Gasteiger partial charge in [0.2, 0.25) is 0 Å². The first-order valence-electron chi connectivity index (χ1n) is 24.1. The number of thiol groups is 1. The number of aliphatic hydroxyl groups is 1. The van der Waals surface area contributed by atoms with Gasteiger partial charge in [-0.1, -0.05) is 146 Å². The Labute approximate surface area is 606 Å². The number of carbonyl (C=O) groups excluding carboxylic acids is 3. The number of methoxy groups -OCH3 is 3. The Kier molecular flexibility index (Phi) is 66.1. The number of anilines is 2. The zero-order valence-electron chi connectivity index (χ0n) is 48.0. The summed E-state index contributed by atoms with van der Waals surface area (Å²) >= 11 is 57.2. The van der Waals surface area contributed by atoms with Gasteiger partial charge in [-0.05, 0) is 126 Å². The van der Waals surface area contributed by atoms with Gasteiger partial charge in [-0.15, -0.1) is 22.9 Å². The van der Waals surface area contributed by atoms with Gasteiger partial charge in [-0.25, -0.2) is 4.98 Å². The van der Waals surface area contributed by atoms with Gasteiger partial charge in [0.05, 0.1) is 73.2 Å².